The van der Waals surface area contributed by atoms with Crippen molar-refractivity contribution in [3.05, 3.63) is 30.1 Å². The molecule has 2 fully saturated rings. The number of hydrogen-bond donors (Lipinski definition) is 1. The van der Waals surface area contributed by atoms with Gasteiger partial charge >= 0.3 is 0 Å². The quantitative estimate of drug-likeness (QED) is 0.893. The molecule has 25 heavy (non-hydrogen) atoms. The van der Waals surface area contributed by atoms with E-state index in [1.165, 1.54) is 17.0 Å². The first-order chi connectivity index (χ1) is 12.0. The molecule has 1 aromatic carbocycles. The molecule has 1 N–H and O–H groups in total. The summed E-state index contributed by atoms with van der Waals surface area (Å²) in [6.45, 7) is 3.23. The Morgan fingerprint density at radius 1 is 1.24 bits per heavy atom. The van der Waals surface area contributed by atoms with Crippen molar-refractivity contribution in [1.82, 2.24) is 10.2 Å². The summed E-state index contributed by atoms with van der Waals surface area (Å²) in [5.41, 5.74) is 0.184. The van der Waals surface area contributed by atoms with E-state index < -0.39 is 17.8 Å². The van der Waals surface area contributed by atoms with Gasteiger partial charge in [0.15, 0.2) is 0 Å². The lowest BCUT2D eigenvalue weighted by atomic mass is 10.1. The van der Waals surface area contributed by atoms with E-state index in [1.807, 2.05) is 0 Å². The lowest BCUT2D eigenvalue weighted by molar-refractivity contribution is -0.136. The molecule has 0 aliphatic carbocycles. The molecule has 2 saturated heterocycles. The summed E-state index contributed by atoms with van der Waals surface area (Å²) in [5.74, 6) is -1.80. The number of anilines is 1. The van der Waals surface area contributed by atoms with Gasteiger partial charge in [-0.1, -0.05) is 12.1 Å². The summed E-state index contributed by atoms with van der Waals surface area (Å²) in [5, 5.41) is 2.70. The number of benzene rings is 1. The maximum absolute atomic E-state index is 13.9. The zero-order chi connectivity index (χ0) is 18.0. The van der Waals surface area contributed by atoms with Crippen LogP contribution in [0.5, 0.6) is 0 Å². The highest BCUT2D eigenvalue weighted by Gasteiger charge is 2.37. The van der Waals surface area contributed by atoms with E-state index in [1.54, 1.807) is 24.0 Å². The lowest BCUT2D eigenvalue weighted by Crippen LogP contribution is -2.48. The van der Waals surface area contributed by atoms with E-state index in [4.69, 9.17) is 0 Å². The topological polar surface area (TPSA) is 69.7 Å². The molecule has 2 aliphatic rings. The van der Waals surface area contributed by atoms with Gasteiger partial charge < -0.3 is 15.1 Å². The fourth-order valence-corrected chi connectivity index (χ4v) is 3.39. The van der Waals surface area contributed by atoms with E-state index in [-0.39, 0.29) is 36.4 Å². The Hall–Kier alpha value is -2.44. The van der Waals surface area contributed by atoms with Gasteiger partial charge in [0.2, 0.25) is 17.7 Å². The molecular weight excluding hydrogens is 325 g/mol. The van der Waals surface area contributed by atoms with Crippen LogP contribution in [-0.4, -0.2) is 48.3 Å². The summed E-state index contributed by atoms with van der Waals surface area (Å²) in [6, 6.07) is 5.38. The normalized spacial score (nSPS) is 21.5. The van der Waals surface area contributed by atoms with Gasteiger partial charge in [0.1, 0.15) is 11.9 Å². The van der Waals surface area contributed by atoms with E-state index in [2.05, 4.69) is 5.32 Å². The third-order valence-corrected chi connectivity index (χ3v) is 4.79. The molecule has 0 aromatic heterocycles. The van der Waals surface area contributed by atoms with Crippen molar-refractivity contribution in [3.8, 4) is 0 Å². The fourth-order valence-electron chi connectivity index (χ4n) is 3.39. The summed E-state index contributed by atoms with van der Waals surface area (Å²) in [6.07, 6.45) is 1.99. The molecule has 0 spiro atoms. The number of para-hydroxylation sites is 1. The van der Waals surface area contributed by atoms with Gasteiger partial charge in [0.25, 0.3) is 0 Å². The van der Waals surface area contributed by atoms with Crippen LogP contribution < -0.4 is 10.2 Å². The van der Waals surface area contributed by atoms with E-state index in [0.717, 1.165) is 25.9 Å². The first-order valence-corrected chi connectivity index (χ1v) is 8.61. The highest BCUT2D eigenvalue weighted by atomic mass is 19.1. The Morgan fingerprint density at radius 3 is 2.60 bits per heavy atom. The number of amides is 3. The smallest absolute Gasteiger partial charge is 0.244 e. The van der Waals surface area contributed by atoms with E-state index in [0.29, 0.717) is 0 Å². The van der Waals surface area contributed by atoms with Crippen LogP contribution in [0.3, 0.4) is 0 Å². The predicted molar refractivity (Wildman–Crippen MR) is 90.3 cm³/mol. The second-order valence-electron chi connectivity index (χ2n) is 6.62. The Balaban J connectivity index is 1.61. The molecule has 2 atom stereocenters. The number of carbonyl (C=O) groups excluding carboxylic acids is 3. The van der Waals surface area contributed by atoms with Crippen LogP contribution in [0.4, 0.5) is 10.1 Å². The van der Waals surface area contributed by atoms with E-state index >= 15 is 0 Å². The Kier molecular flexibility index (Phi) is 5.01. The largest absolute Gasteiger partial charge is 0.344 e. The minimum atomic E-state index is -0.622. The SMILES string of the molecule is CC(NC(=O)C1CC(=O)N(c2ccccc2F)C1)C(=O)N1CCCC1. The van der Waals surface area contributed by atoms with E-state index in [9.17, 15) is 18.8 Å². The highest BCUT2D eigenvalue weighted by Crippen LogP contribution is 2.27. The maximum atomic E-state index is 13.9. The number of halogens is 1. The molecule has 7 heteroatoms. The Labute approximate surface area is 146 Å². The molecule has 3 rings (SSSR count). The van der Waals surface area contributed by atoms with Crippen molar-refractivity contribution >= 4 is 23.4 Å². The van der Waals surface area contributed by atoms with Crippen molar-refractivity contribution in [2.24, 2.45) is 5.92 Å². The number of hydrogen-bond acceptors (Lipinski definition) is 3. The number of carbonyl (C=O) groups is 3. The van der Waals surface area contributed by atoms with Gasteiger partial charge in [-0.3, -0.25) is 14.4 Å². The number of nitrogens with zero attached hydrogens (tertiary/aromatic N) is 2. The van der Waals surface area contributed by atoms with Gasteiger partial charge in [-0.2, -0.15) is 0 Å². The van der Waals surface area contributed by atoms with Gasteiger partial charge in [0, 0.05) is 26.1 Å². The molecule has 6 nitrogen and oxygen atoms in total. The first kappa shape index (κ1) is 17.4. The fraction of sp³-hybridized carbons (Fsp3) is 0.500. The minimum absolute atomic E-state index is 0.0186. The molecule has 2 unspecified atom stereocenters. The van der Waals surface area contributed by atoms with Gasteiger partial charge in [-0.15, -0.1) is 0 Å². The van der Waals surface area contributed by atoms with Crippen molar-refractivity contribution < 1.29 is 18.8 Å². The van der Waals surface area contributed by atoms with Crippen LogP contribution in [0.1, 0.15) is 26.2 Å². The first-order valence-electron chi connectivity index (χ1n) is 8.61. The standard InChI is InChI=1S/C18H22FN3O3/c1-12(18(25)21-8-4-5-9-21)20-17(24)13-10-16(23)22(11-13)15-7-3-2-6-14(15)19/h2-3,6-7,12-13H,4-5,8-11H2,1H3,(H,20,24). The van der Waals surface area contributed by atoms with Crippen LogP contribution in [0, 0.1) is 11.7 Å². The zero-order valence-electron chi connectivity index (χ0n) is 14.2. The van der Waals surface area contributed by atoms with Crippen LogP contribution in [0.15, 0.2) is 24.3 Å². The molecule has 0 bridgehead atoms. The number of rotatable bonds is 4. The number of nitrogens with one attached hydrogen (secondary N) is 1. The highest BCUT2D eigenvalue weighted by molar-refractivity contribution is 6.01. The zero-order valence-corrected chi connectivity index (χ0v) is 14.2. The average Bonchev–Trinajstić information content (AvgIpc) is 3.24. The molecule has 0 saturated carbocycles. The van der Waals surface area contributed by atoms with Crippen LogP contribution in [-0.2, 0) is 14.4 Å². The van der Waals surface area contributed by atoms with Crippen LogP contribution in [0.25, 0.3) is 0 Å². The summed E-state index contributed by atoms with van der Waals surface area (Å²) >= 11 is 0. The monoisotopic (exact) mass is 347 g/mol. The van der Waals surface area contributed by atoms with Crippen LogP contribution in [0.2, 0.25) is 0 Å². The molecule has 2 heterocycles. The summed E-state index contributed by atoms with van der Waals surface area (Å²) < 4.78 is 13.9. The molecule has 3 amide bonds. The Morgan fingerprint density at radius 2 is 1.92 bits per heavy atom. The molecule has 1 aromatic rings. The number of likely N-dealkylation sites (tertiary alicyclic amines) is 1. The van der Waals surface area contributed by atoms with Crippen molar-refractivity contribution in [1.29, 1.82) is 0 Å². The third kappa shape index (κ3) is 3.65. The van der Waals surface area contributed by atoms with Crippen molar-refractivity contribution in [2.45, 2.75) is 32.2 Å². The van der Waals surface area contributed by atoms with Crippen LogP contribution >= 0.6 is 0 Å². The van der Waals surface area contributed by atoms with Crippen molar-refractivity contribution in [3.63, 3.8) is 0 Å². The van der Waals surface area contributed by atoms with Gasteiger partial charge in [-0.25, -0.2) is 4.39 Å². The van der Waals surface area contributed by atoms with Crippen molar-refractivity contribution in [2.75, 3.05) is 24.5 Å². The Bertz CT molecular complexity index is 688. The van der Waals surface area contributed by atoms with Gasteiger partial charge in [-0.05, 0) is 31.9 Å². The maximum Gasteiger partial charge on any atom is 0.244 e. The third-order valence-electron chi connectivity index (χ3n) is 4.79. The molecule has 2 aliphatic heterocycles. The molecular formula is C18H22FN3O3. The summed E-state index contributed by atoms with van der Waals surface area (Å²) in [7, 11) is 0. The summed E-state index contributed by atoms with van der Waals surface area (Å²) in [4.78, 5) is 39.9. The lowest BCUT2D eigenvalue weighted by Gasteiger charge is -2.22. The van der Waals surface area contributed by atoms with Gasteiger partial charge in [0.05, 0.1) is 11.6 Å². The molecule has 134 valence electrons. The minimum Gasteiger partial charge on any atom is -0.344 e. The molecule has 0 radical (unpaired) electrons. The predicted octanol–water partition coefficient (Wildman–Crippen LogP) is 1.31. The average molecular weight is 347 g/mol. The second-order valence-corrected chi connectivity index (χ2v) is 6.62. The second kappa shape index (κ2) is 7.21.